The van der Waals surface area contributed by atoms with Gasteiger partial charge in [0.25, 0.3) is 5.91 Å². The number of anilines is 2. The summed E-state index contributed by atoms with van der Waals surface area (Å²) in [6, 6.07) is 7.22. The fourth-order valence-corrected chi connectivity index (χ4v) is 1.95. The smallest absolute Gasteiger partial charge is 0.270 e. The fourth-order valence-electron chi connectivity index (χ4n) is 1.95. The van der Waals surface area contributed by atoms with Crippen LogP contribution in [0.4, 0.5) is 11.5 Å². The van der Waals surface area contributed by atoms with E-state index in [1.165, 1.54) is 10.9 Å². The molecule has 1 aromatic heterocycles. The summed E-state index contributed by atoms with van der Waals surface area (Å²) in [6.45, 7) is 0.153. The number of carbonyl (C=O) groups is 1. The molecule has 0 spiro atoms. The average Bonchev–Trinajstić information content (AvgIpc) is 2.78. The largest absolute Gasteiger partial charge is 0.485 e. The molecule has 0 saturated carbocycles. The van der Waals surface area contributed by atoms with Crippen LogP contribution in [0.25, 0.3) is 0 Å². The van der Waals surface area contributed by atoms with Crippen molar-refractivity contribution in [3.8, 4) is 11.5 Å². The third-order valence-corrected chi connectivity index (χ3v) is 3.01. The van der Waals surface area contributed by atoms with Crippen molar-refractivity contribution in [1.29, 1.82) is 0 Å². The standard InChI is InChI=1S/C13H14N4O3/c1-17-12(8(14)6-15-17)16-13(18)11-7-19-9-4-2-3-5-10(9)20-11/h2-6,11H,7,14H2,1H3,(H,16,18). The number of hydrogen-bond donors (Lipinski definition) is 2. The van der Waals surface area contributed by atoms with Gasteiger partial charge >= 0.3 is 0 Å². The molecule has 0 bridgehead atoms. The number of aromatic nitrogens is 2. The fraction of sp³-hybridized carbons (Fsp3) is 0.231. The Hall–Kier alpha value is -2.70. The zero-order chi connectivity index (χ0) is 14.1. The highest BCUT2D eigenvalue weighted by molar-refractivity contribution is 5.96. The molecule has 1 unspecified atom stereocenters. The summed E-state index contributed by atoms with van der Waals surface area (Å²) in [5.41, 5.74) is 6.13. The molecule has 0 radical (unpaired) electrons. The van der Waals surface area contributed by atoms with E-state index in [2.05, 4.69) is 10.4 Å². The number of ether oxygens (including phenoxy) is 2. The normalized spacial score (nSPS) is 16.8. The zero-order valence-corrected chi connectivity index (χ0v) is 10.9. The van der Waals surface area contributed by atoms with Gasteiger partial charge in [0.2, 0.25) is 6.10 Å². The second-order valence-electron chi connectivity index (χ2n) is 4.43. The van der Waals surface area contributed by atoms with E-state index in [9.17, 15) is 4.79 Å². The van der Waals surface area contributed by atoms with Crippen molar-refractivity contribution >= 4 is 17.4 Å². The van der Waals surface area contributed by atoms with Crippen LogP contribution in [0.2, 0.25) is 0 Å². The Morgan fingerprint density at radius 2 is 2.20 bits per heavy atom. The minimum absolute atomic E-state index is 0.153. The van der Waals surface area contributed by atoms with E-state index in [0.29, 0.717) is 23.0 Å². The Labute approximate surface area is 115 Å². The number of fused-ring (bicyclic) bond motifs is 1. The van der Waals surface area contributed by atoms with Crippen molar-refractivity contribution in [2.75, 3.05) is 17.7 Å². The summed E-state index contributed by atoms with van der Waals surface area (Å²) in [4.78, 5) is 12.2. The molecule has 3 rings (SSSR count). The van der Waals surface area contributed by atoms with Gasteiger partial charge in [-0.3, -0.25) is 9.48 Å². The molecule has 1 aromatic carbocycles. The summed E-state index contributed by atoms with van der Waals surface area (Å²) in [5, 5.41) is 6.65. The topological polar surface area (TPSA) is 91.4 Å². The number of nitrogens with one attached hydrogen (secondary N) is 1. The molecule has 1 atom stereocenters. The first kappa shape index (κ1) is 12.3. The molecule has 104 valence electrons. The van der Waals surface area contributed by atoms with Crippen LogP contribution in [0.15, 0.2) is 30.5 Å². The quantitative estimate of drug-likeness (QED) is 0.844. The van der Waals surface area contributed by atoms with Crippen molar-refractivity contribution in [2.24, 2.45) is 7.05 Å². The lowest BCUT2D eigenvalue weighted by atomic mass is 10.2. The Kier molecular flexibility index (Phi) is 2.94. The number of aryl methyl sites for hydroxylation is 1. The van der Waals surface area contributed by atoms with Gasteiger partial charge in [-0.25, -0.2) is 0 Å². The van der Waals surface area contributed by atoms with Gasteiger partial charge in [-0.05, 0) is 12.1 Å². The van der Waals surface area contributed by atoms with Crippen LogP contribution in [0.5, 0.6) is 11.5 Å². The van der Waals surface area contributed by atoms with E-state index in [1.54, 1.807) is 19.2 Å². The van der Waals surface area contributed by atoms with Gasteiger partial charge in [0.1, 0.15) is 6.61 Å². The Bertz CT molecular complexity index is 633. The maximum atomic E-state index is 12.2. The van der Waals surface area contributed by atoms with Crippen molar-refractivity contribution in [2.45, 2.75) is 6.10 Å². The second-order valence-corrected chi connectivity index (χ2v) is 4.43. The third-order valence-electron chi connectivity index (χ3n) is 3.01. The number of amides is 1. The lowest BCUT2D eigenvalue weighted by Gasteiger charge is -2.25. The predicted molar refractivity (Wildman–Crippen MR) is 72.6 cm³/mol. The molecular weight excluding hydrogens is 260 g/mol. The van der Waals surface area contributed by atoms with E-state index in [0.717, 1.165) is 0 Å². The number of para-hydroxylation sites is 2. The molecule has 3 N–H and O–H groups in total. The first-order valence-corrected chi connectivity index (χ1v) is 6.12. The van der Waals surface area contributed by atoms with Crippen LogP contribution in [-0.4, -0.2) is 28.4 Å². The van der Waals surface area contributed by atoms with Crippen LogP contribution in [0.1, 0.15) is 0 Å². The van der Waals surface area contributed by atoms with Gasteiger partial charge < -0.3 is 20.5 Å². The molecule has 2 heterocycles. The Balaban J connectivity index is 1.74. The molecule has 7 heteroatoms. The molecule has 7 nitrogen and oxygen atoms in total. The molecule has 20 heavy (non-hydrogen) atoms. The minimum Gasteiger partial charge on any atom is -0.485 e. The molecule has 0 aliphatic carbocycles. The molecule has 0 fully saturated rings. The van der Waals surface area contributed by atoms with E-state index < -0.39 is 6.10 Å². The second kappa shape index (κ2) is 4.76. The first-order chi connectivity index (χ1) is 9.65. The van der Waals surface area contributed by atoms with E-state index in [1.807, 2.05) is 12.1 Å². The highest BCUT2D eigenvalue weighted by Crippen LogP contribution is 2.31. The Morgan fingerprint density at radius 1 is 1.45 bits per heavy atom. The van der Waals surface area contributed by atoms with E-state index >= 15 is 0 Å². The van der Waals surface area contributed by atoms with Crippen molar-refractivity contribution < 1.29 is 14.3 Å². The number of hydrogen-bond acceptors (Lipinski definition) is 5. The summed E-state index contributed by atoms with van der Waals surface area (Å²) >= 11 is 0. The molecule has 1 aliphatic rings. The maximum absolute atomic E-state index is 12.2. The van der Waals surface area contributed by atoms with Crippen molar-refractivity contribution in [1.82, 2.24) is 9.78 Å². The molecule has 1 aliphatic heterocycles. The number of nitrogens with two attached hydrogens (primary N) is 1. The average molecular weight is 274 g/mol. The van der Waals surface area contributed by atoms with Crippen LogP contribution in [0.3, 0.4) is 0 Å². The molecule has 0 saturated heterocycles. The summed E-state index contributed by atoms with van der Waals surface area (Å²) in [5.74, 6) is 1.31. The molecule has 1 amide bonds. The highest BCUT2D eigenvalue weighted by atomic mass is 16.6. The number of nitrogens with zero attached hydrogens (tertiary/aromatic N) is 2. The molecular formula is C13H14N4O3. The number of carbonyl (C=O) groups excluding carboxylic acids is 1. The lowest BCUT2D eigenvalue weighted by Crippen LogP contribution is -2.40. The zero-order valence-electron chi connectivity index (χ0n) is 10.9. The molecule has 2 aromatic rings. The van der Waals surface area contributed by atoms with Crippen LogP contribution in [-0.2, 0) is 11.8 Å². The highest BCUT2D eigenvalue weighted by Gasteiger charge is 2.28. The maximum Gasteiger partial charge on any atom is 0.270 e. The van der Waals surface area contributed by atoms with Crippen LogP contribution < -0.4 is 20.5 Å². The minimum atomic E-state index is -0.723. The van der Waals surface area contributed by atoms with Crippen LogP contribution in [0, 0.1) is 0 Å². The first-order valence-electron chi connectivity index (χ1n) is 6.12. The lowest BCUT2D eigenvalue weighted by molar-refractivity contribution is -0.125. The number of rotatable bonds is 2. The third kappa shape index (κ3) is 2.13. The monoisotopic (exact) mass is 274 g/mol. The Morgan fingerprint density at radius 3 is 2.90 bits per heavy atom. The van der Waals surface area contributed by atoms with Gasteiger partial charge in [-0.2, -0.15) is 5.10 Å². The number of benzene rings is 1. The van der Waals surface area contributed by atoms with Crippen molar-refractivity contribution in [3.05, 3.63) is 30.5 Å². The van der Waals surface area contributed by atoms with Gasteiger partial charge in [0.05, 0.1) is 11.9 Å². The summed E-state index contributed by atoms with van der Waals surface area (Å²) in [6.07, 6.45) is 0.752. The number of nitrogen functional groups attached to an aromatic ring is 1. The van der Waals surface area contributed by atoms with E-state index in [4.69, 9.17) is 15.2 Å². The van der Waals surface area contributed by atoms with Crippen LogP contribution >= 0.6 is 0 Å². The summed E-state index contributed by atoms with van der Waals surface area (Å²) < 4.78 is 12.6. The predicted octanol–water partition coefficient (Wildman–Crippen LogP) is 0.781. The van der Waals surface area contributed by atoms with E-state index in [-0.39, 0.29) is 12.5 Å². The van der Waals surface area contributed by atoms with Crippen molar-refractivity contribution in [3.63, 3.8) is 0 Å². The SMILES string of the molecule is Cn1ncc(N)c1NC(=O)C1COc2ccccc2O1. The van der Waals surface area contributed by atoms with Gasteiger partial charge in [-0.1, -0.05) is 12.1 Å². The summed E-state index contributed by atoms with van der Waals surface area (Å²) in [7, 11) is 1.69. The van der Waals surface area contributed by atoms with Gasteiger partial charge in [0.15, 0.2) is 17.3 Å². The van der Waals surface area contributed by atoms with Gasteiger partial charge in [-0.15, -0.1) is 0 Å². The van der Waals surface area contributed by atoms with Gasteiger partial charge in [0, 0.05) is 7.05 Å².